The highest BCUT2D eigenvalue weighted by atomic mass is 79.9. The van der Waals surface area contributed by atoms with Gasteiger partial charge in [0.15, 0.2) is 0 Å². The Hall–Kier alpha value is -1.44. The van der Waals surface area contributed by atoms with E-state index in [1.165, 1.54) is 10.5 Å². The van der Waals surface area contributed by atoms with Crippen LogP contribution in [0.5, 0.6) is 0 Å². The lowest BCUT2D eigenvalue weighted by Crippen LogP contribution is -2.16. The average molecular weight is 345 g/mol. The van der Waals surface area contributed by atoms with Gasteiger partial charge in [-0.05, 0) is 36.2 Å². The molecular formula is C16H13BrN2S. The van der Waals surface area contributed by atoms with Gasteiger partial charge in [-0.25, -0.2) is 0 Å². The van der Waals surface area contributed by atoms with Gasteiger partial charge in [-0.3, -0.25) is 0 Å². The Bertz CT molecular complexity index is 653. The summed E-state index contributed by atoms with van der Waals surface area (Å²) in [5.41, 5.74) is 3.02. The molecule has 4 heteroatoms. The highest BCUT2D eigenvalue weighted by Gasteiger charge is 2.21. The van der Waals surface area contributed by atoms with Gasteiger partial charge in [-0.2, -0.15) is 5.26 Å². The van der Waals surface area contributed by atoms with Gasteiger partial charge in [0.1, 0.15) is 6.07 Å². The Morgan fingerprint density at radius 3 is 2.95 bits per heavy atom. The molecule has 0 aromatic heterocycles. The normalized spacial score (nSPS) is 16.5. The molecule has 1 N–H and O–H groups in total. The van der Waals surface area contributed by atoms with Gasteiger partial charge in [0.2, 0.25) is 0 Å². The Labute approximate surface area is 131 Å². The van der Waals surface area contributed by atoms with Gasteiger partial charge in [0.25, 0.3) is 0 Å². The highest BCUT2D eigenvalue weighted by molar-refractivity contribution is 9.10. The van der Waals surface area contributed by atoms with E-state index in [0.717, 1.165) is 23.1 Å². The minimum Gasteiger partial charge on any atom is -0.383 e. The van der Waals surface area contributed by atoms with E-state index in [1.807, 2.05) is 30.0 Å². The lowest BCUT2D eigenvalue weighted by atomic mass is 10.1. The van der Waals surface area contributed by atoms with Crippen molar-refractivity contribution in [3.63, 3.8) is 0 Å². The van der Waals surface area contributed by atoms with Gasteiger partial charge < -0.3 is 5.32 Å². The molecule has 0 fully saturated rings. The van der Waals surface area contributed by atoms with Crippen LogP contribution in [-0.2, 0) is 6.42 Å². The Kier molecular flexibility index (Phi) is 4.00. The zero-order valence-corrected chi connectivity index (χ0v) is 13.2. The molecule has 1 aliphatic heterocycles. The molecule has 0 amide bonds. The zero-order chi connectivity index (χ0) is 13.9. The number of fused-ring (bicyclic) bond motifs is 1. The smallest absolute Gasteiger partial charge is 0.101 e. The molecule has 0 bridgehead atoms. The summed E-state index contributed by atoms with van der Waals surface area (Å²) in [7, 11) is 0. The van der Waals surface area contributed by atoms with Gasteiger partial charge >= 0.3 is 0 Å². The number of thioether (sulfide) groups is 1. The number of nitrogens with one attached hydrogen (secondary N) is 1. The molecule has 2 nitrogen and oxygen atoms in total. The number of benzene rings is 2. The first-order valence-electron chi connectivity index (χ1n) is 6.44. The molecule has 20 heavy (non-hydrogen) atoms. The van der Waals surface area contributed by atoms with E-state index in [0.29, 0.717) is 10.8 Å². The molecule has 1 unspecified atom stereocenters. The fourth-order valence-corrected chi connectivity index (χ4v) is 3.96. The van der Waals surface area contributed by atoms with E-state index >= 15 is 0 Å². The van der Waals surface area contributed by atoms with Crippen LogP contribution in [0.4, 0.5) is 5.69 Å². The number of halogens is 1. The largest absolute Gasteiger partial charge is 0.383 e. The second-order valence-electron chi connectivity index (χ2n) is 4.73. The quantitative estimate of drug-likeness (QED) is 0.893. The van der Waals surface area contributed by atoms with Crippen molar-refractivity contribution in [1.29, 1.82) is 5.26 Å². The average Bonchev–Trinajstić information content (AvgIpc) is 2.88. The van der Waals surface area contributed by atoms with Crippen molar-refractivity contribution >= 4 is 33.4 Å². The molecule has 0 saturated heterocycles. The van der Waals surface area contributed by atoms with Crippen molar-refractivity contribution in [1.82, 2.24) is 0 Å². The van der Waals surface area contributed by atoms with Crippen LogP contribution in [0.2, 0.25) is 0 Å². The molecule has 1 heterocycles. The maximum atomic E-state index is 9.16. The third-order valence-corrected chi connectivity index (χ3v) is 5.15. The SMILES string of the molecule is N#Cc1cc(Br)ccc1NCC1Cc2ccccc2S1. The molecule has 0 radical (unpaired) electrons. The summed E-state index contributed by atoms with van der Waals surface area (Å²) in [5.74, 6) is 0. The van der Waals surface area contributed by atoms with Crippen molar-refractivity contribution in [2.24, 2.45) is 0 Å². The van der Waals surface area contributed by atoms with E-state index in [9.17, 15) is 0 Å². The molecule has 100 valence electrons. The number of nitriles is 1. The molecule has 0 saturated carbocycles. The van der Waals surface area contributed by atoms with Gasteiger partial charge in [-0.15, -0.1) is 11.8 Å². The van der Waals surface area contributed by atoms with Crippen LogP contribution in [0.15, 0.2) is 51.8 Å². The van der Waals surface area contributed by atoms with Crippen LogP contribution in [0, 0.1) is 11.3 Å². The fraction of sp³-hybridized carbons (Fsp3) is 0.188. The number of rotatable bonds is 3. The summed E-state index contributed by atoms with van der Waals surface area (Å²) in [4.78, 5) is 1.38. The van der Waals surface area contributed by atoms with E-state index in [-0.39, 0.29) is 0 Å². The van der Waals surface area contributed by atoms with E-state index < -0.39 is 0 Å². The summed E-state index contributed by atoms with van der Waals surface area (Å²) >= 11 is 5.31. The molecule has 3 rings (SSSR count). The second kappa shape index (κ2) is 5.90. The molecule has 0 spiro atoms. The molecule has 1 aliphatic rings. The van der Waals surface area contributed by atoms with Crippen LogP contribution >= 0.6 is 27.7 Å². The standard InChI is InChI=1S/C16H13BrN2S/c17-13-5-6-15(12(7-13)9-18)19-10-14-8-11-3-1-2-4-16(11)20-14/h1-7,14,19H,8,10H2. The predicted molar refractivity (Wildman–Crippen MR) is 87.1 cm³/mol. The number of hydrogen-bond donors (Lipinski definition) is 1. The minimum atomic E-state index is 0.530. The van der Waals surface area contributed by atoms with E-state index in [2.05, 4.69) is 51.6 Å². The van der Waals surface area contributed by atoms with Gasteiger partial charge in [0.05, 0.1) is 11.3 Å². The van der Waals surface area contributed by atoms with Crippen LogP contribution in [0.25, 0.3) is 0 Å². The number of anilines is 1. The van der Waals surface area contributed by atoms with Crippen LogP contribution in [0.3, 0.4) is 0 Å². The Balaban J connectivity index is 1.66. The third kappa shape index (κ3) is 2.84. The minimum absolute atomic E-state index is 0.530. The van der Waals surface area contributed by atoms with E-state index in [4.69, 9.17) is 5.26 Å². The van der Waals surface area contributed by atoms with Gasteiger partial charge in [0, 0.05) is 21.2 Å². The summed E-state index contributed by atoms with van der Waals surface area (Å²) in [5, 5.41) is 13.1. The summed E-state index contributed by atoms with van der Waals surface area (Å²) in [6.45, 7) is 0.871. The van der Waals surface area contributed by atoms with Crippen molar-refractivity contribution in [3.05, 3.63) is 58.1 Å². The van der Waals surface area contributed by atoms with Crippen LogP contribution in [0.1, 0.15) is 11.1 Å². The first-order chi connectivity index (χ1) is 9.76. The van der Waals surface area contributed by atoms with Crippen molar-refractivity contribution in [3.8, 4) is 6.07 Å². The second-order valence-corrected chi connectivity index (χ2v) is 6.99. The first-order valence-corrected chi connectivity index (χ1v) is 8.11. The maximum Gasteiger partial charge on any atom is 0.101 e. The van der Waals surface area contributed by atoms with Crippen molar-refractivity contribution in [2.75, 3.05) is 11.9 Å². The van der Waals surface area contributed by atoms with Gasteiger partial charge in [-0.1, -0.05) is 34.1 Å². The summed E-state index contributed by atoms with van der Waals surface area (Å²) in [6.07, 6.45) is 1.09. The van der Waals surface area contributed by atoms with Crippen molar-refractivity contribution < 1.29 is 0 Å². The Morgan fingerprint density at radius 2 is 2.15 bits per heavy atom. The number of nitrogens with zero attached hydrogens (tertiary/aromatic N) is 1. The molecular weight excluding hydrogens is 332 g/mol. The molecule has 1 atom stereocenters. The zero-order valence-electron chi connectivity index (χ0n) is 10.8. The topological polar surface area (TPSA) is 35.8 Å². The maximum absolute atomic E-state index is 9.16. The summed E-state index contributed by atoms with van der Waals surface area (Å²) in [6, 6.07) is 16.5. The van der Waals surface area contributed by atoms with Crippen LogP contribution in [-0.4, -0.2) is 11.8 Å². The lowest BCUT2D eigenvalue weighted by Gasteiger charge is -2.12. The fourth-order valence-electron chi connectivity index (χ4n) is 2.35. The highest BCUT2D eigenvalue weighted by Crippen LogP contribution is 2.36. The first kappa shape index (κ1) is 13.5. The van der Waals surface area contributed by atoms with Crippen molar-refractivity contribution in [2.45, 2.75) is 16.6 Å². The predicted octanol–water partition coefficient (Wildman–Crippen LogP) is 4.45. The molecule has 0 aliphatic carbocycles. The summed E-state index contributed by atoms with van der Waals surface area (Å²) < 4.78 is 0.933. The lowest BCUT2D eigenvalue weighted by molar-refractivity contribution is 0.899. The monoisotopic (exact) mass is 344 g/mol. The number of hydrogen-bond acceptors (Lipinski definition) is 3. The van der Waals surface area contributed by atoms with E-state index in [1.54, 1.807) is 0 Å². The molecule has 2 aromatic rings. The Morgan fingerprint density at radius 1 is 1.30 bits per heavy atom. The molecule has 2 aromatic carbocycles. The van der Waals surface area contributed by atoms with Crippen LogP contribution < -0.4 is 5.32 Å². The third-order valence-electron chi connectivity index (χ3n) is 3.34.